The molecule has 2 aliphatic rings. The molecule has 0 spiro atoms. The third kappa shape index (κ3) is 4.58. The van der Waals surface area contributed by atoms with Gasteiger partial charge in [-0.1, -0.05) is 6.07 Å². The molecule has 4 N–H and O–H groups in total. The predicted molar refractivity (Wildman–Crippen MR) is 91.3 cm³/mol. The molecule has 0 radical (unpaired) electrons. The number of carbonyl (C=O) groups is 3. The number of amides is 3. The zero-order valence-electron chi connectivity index (χ0n) is 14.2. The van der Waals surface area contributed by atoms with Gasteiger partial charge in [0.15, 0.2) is 0 Å². The van der Waals surface area contributed by atoms with E-state index >= 15 is 0 Å². The topological polar surface area (TPSA) is 133 Å². The van der Waals surface area contributed by atoms with Crippen LogP contribution in [0.3, 0.4) is 0 Å². The van der Waals surface area contributed by atoms with Gasteiger partial charge < -0.3 is 5.32 Å². The molecule has 0 heterocycles. The van der Waals surface area contributed by atoms with E-state index < -0.39 is 27.7 Å². The summed E-state index contributed by atoms with van der Waals surface area (Å²) in [5.74, 6) is -2.52. The Kier molecular flexibility index (Phi) is 4.97. The molecule has 9 nitrogen and oxygen atoms in total. The lowest BCUT2D eigenvalue weighted by Crippen LogP contribution is -2.49. The summed E-state index contributed by atoms with van der Waals surface area (Å²) in [7, 11) is -3.70. The second kappa shape index (κ2) is 7.04. The fourth-order valence-electron chi connectivity index (χ4n) is 2.22. The Bertz CT molecular complexity index is 859. The first-order valence-electron chi connectivity index (χ1n) is 8.30. The van der Waals surface area contributed by atoms with E-state index in [2.05, 4.69) is 15.5 Å². The summed E-state index contributed by atoms with van der Waals surface area (Å²) in [5.41, 5.74) is 4.78. The Morgan fingerprint density at radius 1 is 0.962 bits per heavy atom. The minimum Gasteiger partial charge on any atom is -0.345 e. The van der Waals surface area contributed by atoms with Crippen LogP contribution in [0.2, 0.25) is 0 Å². The molecule has 0 unspecified atom stereocenters. The highest BCUT2D eigenvalue weighted by Crippen LogP contribution is 2.23. The second-order valence-electron chi connectivity index (χ2n) is 6.53. The average Bonchev–Trinajstić information content (AvgIpc) is 3.49. The summed E-state index contributed by atoms with van der Waals surface area (Å²) in [6.45, 7) is 1.64. The zero-order chi connectivity index (χ0) is 18.9. The van der Waals surface area contributed by atoms with Crippen LogP contribution in [0.1, 0.15) is 41.6 Å². The van der Waals surface area contributed by atoms with Gasteiger partial charge in [-0.25, -0.2) is 13.1 Å². The first-order chi connectivity index (χ1) is 12.3. The molecule has 2 saturated carbocycles. The molecule has 140 valence electrons. The van der Waals surface area contributed by atoms with E-state index in [-0.39, 0.29) is 22.5 Å². The molecule has 3 rings (SSSR count). The van der Waals surface area contributed by atoms with Crippen molar-refractivity contribution in [3.8, 4) is 0 Å². The molecule has 10 heteroatoms. The molecule has 3 amide bonds. The Morgan fingerprint density at radius 2 is 1.62 bits per heavy atom. The number of hydrogen-bond donors (Lipinski definition) is 4. The molecule has 1 aromatic rings. The van der Waals surface area contributed by atoms with Crippen LogP contribution in [0, 0.1) is 6.92 Å². The Morgan fingerprint density at radius 3 is 2.23 bits per heavy atom. The standard InChI is InChI=1S/C16H20N4O5S/c1-9-2-7-12(26(24,25)20-11-5-6-11)8-13(9)14(21)18-19-16(23)15(22)17-10-3-4-10/h2,7-8,10-11,20H,3-6H2,1H3,(H,17,22)(H,18,21)(H,19,23). The molecule has 0 bridgehead atoms. The lowest BCUT2D eigenvalue weighted by molar-refractivity contribution is -0.139. The molecule has 0 aromatic heterocycles. The highest BCUT2D eigenvalue weighted by Gasteiger charge is 2.29. The largest absolute Gasteiger partial charge is 0.345 e. The minimum absolute atomic E-state index is 0.0204. The number of hydrazine groups is 1. The predicted octanol–water partition coefficient (Wildman–Crippen LogP) is -0.525. The maximum atomic E-state index is 12.3. The number of hydrogen-bond acceptors (Lipinski definition) is 5. The second-order valence-corrected chi connectivity index (χ2v) is 8.24. The first kappa shape index (κ1) is 18.3. The van der Waals surface area contributed by atoms with Crippen molar-refractivity contribution in [3.05, 3.63) is 29.3 Å². The van der Waals surface area contributed by atoms with E-state index in [1.54, 1.807) is 6.92 Å². The van der Waals surface area contributed by atoms with Crippen molar-refractivity contribution in [2.75, 3.05) is 0 Å². The van der Waals surface area contributed by atoms with Crippen molar-refractivity contribution in [2.45, 2.75) is 49.6 Å². The first-order valence-corrected chi connectivity index (χ1v) is 9.79. The van der Waals surface area contributed by atoms with Crippen LogP contribution >= 0.6 is 0 Å². The number of benzene rings is 1. The summed E-state index contributed by atoms with van der Waals surface area (Å²) in [4.78, 5) is 35.4. The van der Waals surface area contributed by atoms with Gasteiger partial charge in [-0.05, 0) is 50.3 Å². The van der Waals surface area contributed by atoms with Gasteiger partial charge in [0.25, 0.3) is 5.91 Å². The number of nitrogens with one attached hydrogen (secondary N) is 4. The van der Waals surface area contributed by atoms with Gasteiger partial charge in [0.1, 0.15) is 0 Å². The van der Waals surface area contributed by atoms with Crippen molar-refractivity contribution in [1.82, 2.24) is 20.9 Å². The monoisotopic (exact) mass is 380 g/mol. The quantitative estimate of drug-likeness (QED) is 0.403. The minimum atomic E-state index is -3.70. The van der Waals surface area contributed by atoms with E-state index in [1.807, 2.05) is 5.43 Å². The van der Waals surface area contributed by atoms with Crippen molar-refractivity contribution < 1.29 is 22.8 Å². The van der Waals surface area contributed by atoms with Crippen LogP contribution in [-0.2, 0) is 19.6 Å². The Labute approximate surface area is 150 Å². The molecular weight excluding hydrogens is 360 g/mol. The van der Waals surface area contributed by atoms with Gasteiger partial charge in [0.05, 0.1) is 4.90 Å². The summed E-state index contributed by atoms with van der Waals surface area (Å²) >= 11 is 0. The molecule has 0 saturated heterocycles. The van der Waals surface area contributed by atoms with Crippen LogP contribution in [0.4, 0.5) is 0 Å². The van der Waals surface area contributed by atoms with Crippen LogP contribution in [-0.4, -0.2) is 38.2 Å². The van der Waals surface area contributed by atoms with Gasteiger partial charge in [-0.15, -0.1) is 0 Å². The molecule has 0 atom stereocenters. The van der Waals surface area contributed by atoms with Gasteiger partial charge in [-0.2, -0.15) is 0 Å². The Hall–Kier alpha value is -2.46. The number of rotatable bonds is 5. The molecular formula is C16H20N4O5S. The lowest BCUT2D eigenvalue weighted by Gasteiger charge is -2.11. The number of carbonyl (C=O) groups excluding carboxylic acids is 3. The fourth-order valence-corrected chi connectivity index (χ4v) is 3.55. The summed E-state index contributed by atoms with van der Waals surface area (Å²) in [6.07, 6.45) is 3.27. The van der Waals surface area contributed by atoms with E-state index in [1.165, 1.54) is 18.2 Å². The maximum absolute atomic E-state index is 12.3. The molecule has 2 fully saturated rings. The van der Waals surface area contributed by atoms with E-state index in [0.717, 1.165) is 25.7 Å². The molecule has 26 heavy (non-hydrogen) atoms. The lowest BCUT2D eigenvalue weighted by atomic mass is 10.1. The van der Waals surface area contributed by atoms with Crippen molar-refractivity contribution >= 4 is 27.7 Å². The van der Waals surface area contributed by atoms with E-state index in [4.69, 9.17) is 0 Å². The van der Waals surface area contributed by atoms with E-state index in [9.17, 15) is 22.8 Å². The SMILES string of the molecule is Cc1ccc(S(=O)(=O)NC2CC2)cc1C(=O)NNC(=O)C(=O)NC1CC1. The number of sulfonamides is 1. The van der Waals surface area contributed by atoms with Crippen molar-refractivity contribution in [3.63, 3.8) is 0 Å². The van der Waals surface area contributed by atoms with Gasteiger partial charge in [0, 0.05) is 17.6 Å². The fraction of sp³-hybridized carbons (Fsp3) is 0.438. The third-order valence-electron chi connectivity index (χ3n) is 4.07. The summed E-state index contributed by atoms with van der Waals surface area (Å²) in [6, 6.07) is 4.14. The number of aryl methyl sites for hydroxylation is 1. The van der Waals surface area contributed by atoms with Crippen molar-refractivity contribution in [1.29, 1.82) is 0 Å². The molecule has 1 aromatic carbocycles. The van der Waals surface area contributed by atoms with Gasteiger partial charge in [-0.3, -0.25) is 25.2 Å². The highest BCUT2D eigenvalue weighted by molar-refractivity contribution is 7.89. The summed E-state index contributed by atoms with van der Waals surface area (Å²) in [5, 5.41) is 2.49. The molecule has 2 aliphatic carbocycles. The van der Waals surface area contributed by atoms with E-state index in [0.29, 0.717) is 5.56 Å². The normalized spacial score (nSPS) is 16.7. The average molecular weight is 380 g/mol. The van der Waals surface area contributed by atoms with Crippen molar-refractivity contribution in [2.24, 2.45) is 0 Å². The van der Waals surface area contributed by atoms with Crippen LogP contribution in [0.15, 0.2) is 23.1 Å². The molecule has 0 aliphatic heterocycles. The van der Waals surface area contributed by atoms with Gasteiger partial charge in [0.2, 0.25) is 10.0 Å². The highest BCUT2D eigenvalue weighted by atomic mass is 32.2. The van der Waals surface area contributed by atoms with Crippen LogP contribution < -0.4 is 20.9 Å². The smallest absolute Gasteiger partial charge is 0.327 e. The van der Waals surface area contributed by atoms with Crippen LogP contribution in [0.25, 0.3) is 0 Å². The summed E-state index contributed by atoms with van der Waals surface area (Å²) < 4.78 is 27.1. The van der Waals surface area contributed by atoms with Crippen LogP contribution in [0.5, 0.6) is 0 Å². The zero-order valence-corrected chi connectivity index (χ0v) is 15.0. The maximum Gasteiger partial charge on any atom is 0.327 e. The van der Waals surface area contributed by atoms with Gasteiger partial charge >= 0.3 is 11.8 Å². The third-order valence-corrected chi connectivity index (χ3v) is 5.59. The Balaban J connectivity index is 1.65.